The summed E-state index contributed by atoms with van der Waals surface area (Å²) in [6.45, 7) is 11.4. The molecule has 1 atom stereocenters. The molecule has 82 valence electrons. The Kier molecular flexibility index (Phi) is 3.27. The minimum Gasteiger partial charge on any atom is -0.392 e. The van der Waals surface area contributed by atoms with Gasteiger partial charge in [0.2, 0.25) is 0 Å². The highest BCUT2D eigenvalue weighted by Gasteiger charge is 2.43. The van der Waals surface area contributed by atoms with Crippen LogP contribution in [-0.4, -0.2) is 18.9 Å². The predicted octanol–water partition coefficient (Wildman–Crippen LogP) is 3.51. The Balaban J connectivity index is 2.81. The zero-order chi connectivity index (χ0) is 11.0. The second-order valence-electron chi connectivity index (χ2n) is 6.05. The SMILES string of the molecule is CC(C)(C)[Si](C)(C)[C@H](O)C1=CCCC1. The lowest BCUT2D eigenvalue weighted by molar-refractivity contribution is 0.269. The van der Waals surface area contributed by atoms with Gasteiger partial charge in [-0.25, -0.2) is 0 Å². The average Bonchev–Trinajstić information content (AvgIpc) is 2.52. The molecule has 0 heterocycles. The molecule has 0 aromatic carbocycles. The van der Waals surface area contributed by atoms with Crippen molar-refractivity contribution in [3.63, 3.8) is 0 Å². The van der Waals surface area contributed by atoms with E-state index in [4.69, 9.17) is 0 Å². The van der Waals surface area contributed by atoms with Crippen LogP contribution in [0, 0.1) is 0 Å². The molecule has 1 rings (SSSR count). The van der Waals surface area contributed by atoms with Crippen molar-refractivity contribution in [1.29, 1.82) is 0 Å². The Labute approximate surface area is 89.2 Å². The van der Waals surface area contributed by atoms with E-state index < -0.39 is 8.07 Å². The summed E-state index contributed by atoms with van der Waals surface area (Å²) < 4.78 is 0. The molecule has 1 N–H and O–H groups in total. The molecule has 0 spiro atoms. The van der Waals surface area contributed by atoms with Crippen LogP contribution in [0.2, 0.25) is 18.1 Å². The topological polar surface area (TPSA) is 20.2 Å². The molecule has 1 aliphatic carbocycles. The fraction of sp³-hybridized carbons (Fsp3) is 0.833. The molecule has 0 radical (unpaired) electrons. The molecular formula is C12H24OSi. The fourth-order valence-electron chi connectivity index (χ4n) is 1.82. The van der Waals surface area contributed by atoms with E-state index >= 15 is 0 Å². The van der Waals surface area contributed by atoms with Crippen molar-refractivity contribution >= 4 is 8.07 Å². The minimum absolute atomic E-state index is 0.134. The van der Waals surface area contributed by atoms with Gasteiger partial charge in [-0.3, -0.25) is 0 Å². The third kappa shape index (κ3) is 2.11. The number of aliphatic hydroxyl groups excluding tert-OH is 1. The average molecular weight is 212 g/mol. The van der Waals surface area contributed by atoms with E-state index in [-0.39, 0.29) is 10.8 Å². The minimum atomic E-state index is -1.59. The third-order valence-corrected chi connectivity index (χ3v) is 9.65. The summed E-state index contributed by atoms with van der Waals surface area (Å²) >= 11 is 0. The van der Waals surface area contributed by atoms with E-state index in [0.717, 1.165) is 6.42 Å². The van der Waals surface area contributed by atoms with Crippen molar-refractivity contribution in [3.05, 3.63) is 11.6 Å². The van der Waals surface area contributed by atoms with E-state index in [1.807, 2.05) is 0 Å². The highest BCUT2D eigenvalue weighted by molar-refractivity contribution is 6.81. The molecule has 2 heteroatoms. The second kappa shape index (κ2) is 3.82. The van der Waals surface area contributed by atoms with Gasteiger partial charge in [0, 0.05) is 0 Å². The number of aliphatic hydroxyl groups is 1. The summed E-state index contributed by atoms with van der Waals surface area (Å²) in [5.41, 5.74) is 1.18. The largest absolute Gasteiger partial charge is 0.392 e. The van der Waals surface area contributed by atoms with Crippen molar-refractivity contribution in [2.45, 2.75) is 63.9 Å². The Hall–Kier alpha value is -0.0831. The maximum Gasteiger partial charge on any atom is 0.0917 e. The van der Waals surface area contributed by atoms with Crippen molar-refractivity contribution in [2.24, 2.45) is 0 Å². The first-order chi connectivity index (χ1) is 6.27. The molecule has 1 aliphatic rings. The molecule has 1 nitrogen and oxygen atoms in total. The molecule has 14 heavy (non-hydrogen) atoms. The van der Waals surface area contributed by atoms with Gasteiger partial charge in [-0.05, 0) is 29.9 Å². The van der Waals surface area contributed by atoms with Gasteiger partial charge in [-0.15, -0.1) is 0 Å². The second-order valence-corrected chi connectivity index (χ2v) is 11.5. The normalized spacial score (nSPS) is 20.9. The van der Waals surface area contributed by atoms with Crippen molar-refractivity contribution in [2.75, 3.05) is 0 Å². The Morgan fingerprint density at radius 3 is 2.29 bits per heavy atom. The number of hydrogen-bond donors (Lipinski definition) is 1. The van der Waals surface area contributed by atoms with E-state index in [9.17, 15) is 5.11 Å². The van der Waals surface area contributed by atoms with Gasteiger partial charge in [0.15, 0.2) is 0 Å². The van der Waals surface area contributed by atoms with Crippen LogP contribution in [0.1, 0.15) is 40.0 Å². The summed E-state index contributed by atoms with van der Waals surface area (Å²) in [4.78, 5) is 0. The van der Waals surface area contributed by atoms with E-state index in [2.05, 4.69) is 39.9 Å². The Morgan fingerprint density at radius 1 is 1.36 bits per heavy atom. The monoisotopic (exact) mass is 212 g/mol. The van der Waals surface area contributed by atoms with Crippen molar-refractivity contribution in [1.82, 2.24) is 0 Å². The first-order valence-corrected chi connectivity index (χ1v) is 8.71. The highest BCUT2D eigenvalue weighted by atomic mass is 28.3. The quantitative estimate of drug-likeness (QED) is 0.548. The summed E-state index contributed by atoms with van der Waals surface area (Å²) in [5.74, 6) is 0. The number of allylic oxidation sites excluding steroid dienone is 1. The van der Waals surface area contributed by atoms with Crippen LogP contribution in [0.15, 0.2) is 11.6 Å². The lowest BCUT2D eigenvalue weighted by Crippen LogP contribution is -2.50. The summed E-state index contributed by atoms with van der Waals surface area (Å²) in [6.07, 6.45) is 5.78. The maximum atomic E-state index is 10.4. The van der Waals surface area contributed by atoms with Crippen LogP contribution in [0.25, 0.3) is 0 Å². The van der Waals surface area contributed by atoms with Gasteiger partial charge in [0.05, 0.1) is 13.8 Å². The smallest absolute Gasteiger partial charge is 0.0917 e. The van der Waals surface area contributed by atoms with E-state index in [1.165, 1.54) is 18.4 Å². The van der Waals surface area contributed by atoms with Crippen LogP contribution >= 0.6 is 0 Å². The molecule has 0 saturated carbocycles. The molecule has 0 unspecified atom stereocenters. The van der Waals surface area contributed by atoms with Crippen molar-refractivity contribution < 1.29 is 5.11 Å². The van der Waals surface area contributed by atoms with Gasteiger partial charge in [-0.2, -0.15) is 0 Å². The van der Waals surface area contributed by atoms with Gasteiger partial charge >= 0.3 is 0 Å². The summed E-state index contributed by atoms with van der Waals surface area (Å²) in [6, 6.07) is 0. The molecule has 0 saturated heterocycles. The van der Waals surface area contributed by atoms with Crippen molar-refractivity contribution in [3.8, 4) is 0 Å². The zero-order valence-corrected chi connectivity index (χ0v) is 11.2. The Morgan fingerprint density at radius 2 is 1.93 bits per heavy atom. The lowest BCUT2D eigenvalue weighted by atomic mass is 10.2. The van der Waals surface area contributed by atoms with Crippen LogP contribution < -0.4 is 0 Å². The number of rotatable bonds is 2. The molecule has 0 amide bonds. The third-order valence-electron chi connectivity index (χ3n) is 4.04. The van der Waals surface area contributed by atoms with Gasteiger partial charge in [-0.1, -0.05) is 39.9 Å². The molecule has 0 aromatic heterocycles. The number of hydrogen-bond acceptors (Lipinski definition) is 1. The summed E-state index contributed by atoms with van der Waals surface area (Å²) in [5, 5.41) is 10.7. The molecule has 0 fully saturated rings. The zero-order valence-electron chi connectivity index (χ0n) is 10.2. The van der Waals surface area contributed by atoms with E-state index in [1.54, 1.807) is 0 Å². The van der Waals surface area contributed by atoms with Gasteiger partial charge in [0.1, 0.15) is 0 Å². The van der Waals surface area contributed by atoms with Crippen LogP contribution in [0.5, 0.6) is 0 Å². The van der Waals surface area contributed by atoms with Crippen LogP contribution in [0.3, 0.4) is 0 Å². The van der Waals surface area contributed by atoms with Gasteiger partial charge < -0.3 is 5.11 Å². The fourth-order valence-corrected chi connectivity index (χ4v) is 3.83. The maximum absolute atomic E-state index is 10.4. The van der Waals surface area contributed by atoms with E-state index in [0.29, 0.717) is 0 Å². The predicted molar refractivity (Wildman–Crippen MR) is 65.1 cm³/mol. The Bertz CT molecular complexity index is 235. The van der Waals surface area contributed by atoms with Crippen LogP contribution in [0.4, 0.5) is 0 Å². The molecule has 0 aromatic rings. The first kappa shape index (κ1) is 12.0. The summed E-state index contributed by atoms with van der Waals surface area (Å²) in [7, 11) is -1.59. The highest BCUT2D eigenvalue weighted by Crippen LogP contribution is 2.41. The molecule has 0 bridgehead atoms. The standard InChI is InChI=1S/C12H24OSi/c1-12(2,3)14(4,5)11(13)10-8-6-7-9-10/h8,11,13H,6-7,9H2,1-5H3/t11-/m0/s1. The molecular weight excluding hydrogens is 188 g/mol. The first-order valence-electron chi connectivity index (χ1n) is 5.64. The molecule has 0 aliphatic heterocycles. The van der Waals surface area contributed by atoms with Crippen LogP contribution in [-0.2, 0) is 0 Å². The lowest BCUT2D eigenvalue weighted by Gasteiger charge is -2.41. The van der Waals surface area contributed by atoms with Gasteiger partial charge in [0.25, 0.3) is 0 Å².